The molecule has 1 aliphatic heterocycles. The summed E-state index contributed by atoms with van der Waals surface area (Å²) in [5, 5.41) is 0. The minimum atomic E-state index is 0.848. The standard InChI is InChI=1S/C28H29N3/c1-20-9-12-26-24(16-20)11-10-23-7-4-14-30-28(23)27(26)25-8-5-15-31(19-25)21(2)17-22-6-3-13-29-18-22/h3-4,6-7,9,12-14,16,18H,2,5,8,10-11,15,17,19H2,1H3/b27-25-. The summed E-state index contributed by atoms with van der Waals surface area (Å²) in [5.74, 6) is 0. The summed E-state index contributed by atoms with van der Waals surface area (Å²) in [6.45, 7) is 8.61. The molecule has 3 aromatic rings. The summed E-state index contributed by atoms with van der Waals surface area (Å²) in [5.41, 5.74) is 11.9. The number of benzene rings is 1. The van der Waals surface area contributed by atoms with Crippen LogP contribution in [0.15, 0.2) is 78.9 Å². The minimum absolute atomic E-state index is 0.848. The highest BCUT2D eigenvalue weighted by molar-refractivity contribution is 5.84. The molecule has 1 aromatic carbocycles. The van der Waals surface area contributed by atoms with E-state index in [0.29, 0.717) is 0 Å². The molecular weight excluding hydrogens is 378 g/mol. The molecule has 0 bridgehead atoms. The number of aryl methyl sites for hydroxylation is 3. The molecule has 0 spiro atoms. The molecule has 0 N–H and O–H groups in total. The molecular formula is C28H29N3. The molecule has 1 fully saturated rings. The van der Waals surface area contributed by atoms with Crippen LogP contribution < -0.4 is 0 Å². The van der Waals surface area contributed by atoms with Crippen molar-refractivity contribution in [2.24, 2.45) is 0 Å². The number of allylic oxidation sites excluding steroid dienone is 1. The van der Waals surface area contributed by atoms with E-state index >= 15 is 0 Å². The van der Waals surface area contributed by atoms with Gasteiger partial charge in [0, 0.05) is 49.4 Å². The highest BCUT2D eigenvalue weighted by Gasteiger charge is 2.25. The highest BCUT2D eigenvalue weighted by Crippen LogP contribution is 2.38. The molecule has 0 amide bonds. The van der Waals surface area contributed by atoms with Crippen LogP contribution in [0.25, 0.3) is 5.57 Å². The van der Waals surface area contributed by atoms with Gasteiger partial charge < -0.3 is 4.90 Å². The van der Waals surface area contributed by atoms with Gasteiger partial charge in [0.05, 0.1) is 5.69 Å². The quantitative estimate of drug-likeness (QED) is 0.571. The van der Waals surface area contributed by atoms with Crippen molar-refractivity contribution in [1.29, 1.82) is 0 Å². The number of fused-ring (bicyclic) bond motifs is 2. The van der Waals surface area contributed by atoms with Crippen LogP contribution in [0.5, 0.6) is 0 Å². The highest BCUT2D eigenvalue weighted by atomic mass is 15.1. The van der Waals surface area contributed by atoms with Gasteiger partial charge in [-0.1, -0.05) is 42.5 Å². The van der Waals surface area contributed by atoms with E-state index in [0.717, 1.165) is 45.2 Å². The Hall–Kier alpha value is -3.20. The summed E-state index contributed by atoms with van der Waals surface area (Å²) in [4.78, 5) is 11.6. The van der Waals surface area contributed by atoms with Crippen molar-refractivity contribution in [2.45, 2.75) is 39.0 Å². The zero-order chi connectivity index (χ0) is 21.2. The van der Waals surface area contributed by atoms with Crippen molar-refractivity contribution >= 4 is 5.57 Å². The summed E-state index contributed by atoms with van der Waals surface area (Å²) in [7, 11) is 0. The minimum Gasteiger partial charge on any atom is -0.371 e. The predicted octanol–water partition coefficient (Wildman–Crippen LogP) is 5.54. The van der Waals surface area contributed by atoms with Gasteiger partial charge in [-0.3, -0.25) is 9.97 Å². The van der Waals surface area contributed by atoms with E-state index in [1.807, 2.05) is 24.7 Å². The molecule has 1 saturated heterocycles. The molecule has 3 heterocycles. The number of hydrogen-bond donors (Lipinski definition) is 0. The predicted molar refractivity (Wildman–Crippen MR) is 127 cm³/mol. The van der Waals surface area contributed by atoms with Crippen LogP contribution in [0.2, 0.25) is 0 Å². The Kier molecular flexibility index (Phi) is 5.42. The summed E-state index contributed by atoms with van der Waals surface area (Å²) < 4.78 is 0. The Labute approximate surface area is 185 Å². The SMILES string of the molecule is C=C(Cc1cccnc1)N1CCC/C(=C2\c3ccc(C)cc3CCc3cccnc32)C1. The Morgan fingerprint density at radius 3 is 2.77 bits per heavy atom. The third kappa shape index (κ3) is 4.05. The molecule has 0 unspecified atom stereocenters. The number of likely N-dealkylation sites (tertiary alicyclic amines) is 1. The second-order valence-electron chi connectivity index (χ2n) is 8.78. The normalized spacial score (nSPS) is 18.2. The number of nitrogens with zero attached hydrogens (tertiary/aromatic N) is 3. The summed E-state index contributed by atoms with van der Waals surface area (Å²) >= 11 is 0. The summed E-state index contributed by atoms with van der Waals surface area (Å²) in [6, 6.07) is 15.4. The maximum Gasteiger partial charge on any atom is 0.0740 e. The molecule has 156 valence electrons. The van der Waals surface area contributed by atoms with E-state index in [1.165, 1.54) is 50.4 Å². The van der Waals surface area contributed by atoms with Crippen molar-refractivity contribution in [3.05, 3.63) is 112 Å². The second kappa shape index (κ2) is 8.50. The van der Waals surface area contributed by atoms with Gasteiger partial charge in [-0.2, -0.15) is 0 Å². The van der Waals surface area contributed by atoms with E-state index < -0.39 is 0 Å². The molecule has 31 heavy (non-hydrogen) atoms. The van der Waals surface area contributed by atoms with E-state index in [-0.39, 0.29) is 0 Å². The lowest BCUT2D eigenvalue weighted by molar-refractivity contribution is 0.327. The lowest BCUT2D eigenvalue weighted by atomic mass is 9.88. The van der Waals surface area contributed by atoms with Crippen molar-refractivity contribution in [3.8, 4) is 0 Å². The lowest BCUT2D eigenvalue weighted by Crippen LogP contribution is -2.31. The Morgan fingerprint density at radius 1 is 1.03 bits per heavy atom. The maximum atomic E-state index is 4.89. The number of hydrogen-bond acceptors (Lipinski definition) is 3. The smallest absolute Gasteiger partial charge is 0.0740 e. The van der Waals surface area contributed by atoms with E-state index in [9.17, 15) is 0 Å². The number of aromatic nitrogens is 2. The monoisotopic (exact) mass is 407 g/mol. The number of pyridine rings is 2. The van der Waals surface area contributed by atoms with Crippen LogP contribution in [0, 0.1) is 6.92 Å². The van der Waals surface area contributed by atoms with Crippen LogP contribution in [0.1, 0.15) is 46.4 Å². The molecule has 0 saturated carbocycles. The van der Waals surface area contributed by atoms with E-state index in [4.69, 9.17) is 4.98 Å². The fraction of sp³-hybridized carbons (Fsp3) is 0.286. The van der Waals surface area contributed by atoms with Crippen LogP contribution >= 0.6 is 0 Å². The molecule has 2 aliphatic rings. The van der Waals surface area contributed by atoms with Crippen LogP contribution in [0.3, 0.4) is 0 Å². The van der Waals surface area contributed by atoms with E-state index in [1.54, 1.807) is 0 Å². The largest absolute Gasteiger partial charge is 0.371 e. The fourth-order valence-corrected chi connectivity index (χ4v) is 4.99. The van der Waals surface area contributed by atoms with Crippen LogP contribution in [-0.4, -0.2) is 28.0 Å². The van der Waals surface area contributed by atoms with Crippen LogP contribution in [0.4, 0.5) is 0 Å². The first kappa shape index (κ1) is 19.7. The first-order valence-electron chi connectivity index (χ1n) is 11.3. The number of rotatable bonds is 3. The first-order valence-corrected chi connectivity index (χ1v) is 11.3. The zero-order valence-corrected chi connectivity index (χ0v) is 18.3. The zero-order valence-electron chi connectivity index (χ0n) is 18.3. The van der Waals surface area contributed by atoms with Gasteiger partial charge in [-0.15, -0.1) is 0 Å². The van der Waals surface area contributed by atoms with Gasteiger partial charge in [-0.25, -0.2) is 0 Å². The van der Waals surface area contributed by atoms with Crippen molar-refractivity contribution < 1.29 is 0 Å². The molecule has 2 aromatic heterocycles. The average molecular weight is 408 g/mol. The van der Waals surface area contributed by atoms with Gasteiger partial charge in [0.2, 0.25) is 0 Å². The lowest BCUT2D eigenvalue weighted by Gasteiger charge is -2.34. The third-order valence-corrected chi connectivity index (χ3v) is 6.54. The Balaban J connectivity index is 1.54. The van der Waals surface area contributed by atoms with Gasteiger partial charge in [-0.05, 0) is 72.6 Å². The Morgan fingerprint density at radius 2 is 1.90 bits per heavy atom. The summed E-state index contributed by atoms with van der Waals surface area (Å²) in [6.07, 6.45) is 11.0. The molecule has 5 rings (SSSR count). The van der Waals surface area contributed by atoms with Gasteiger partial charge in [0.1, 0.15) is 0 Å². The van der Waals surface area contributed by atoms with Crippen molar-refractivity contribution in [3.63, 3.8) is 0 Å². The third-order valence-electron chi connectivity index (χ3n) is 6.54. The molecule has 3 heteroatoms. The van der Waals surface area contributed by atoms with Gasteiger partial charge in [0.25, 0.3) is 0 Å². The molecule has 0 atom stereocenters. The topological polar surface area (TPSA) is 29.0 Å². The second-order valence-corrected chi connectivity index (χ2v) is 8.78. The molecule has 1 aliphatic carbocycles. The fourth-order valence-electron chi connectivity index (χ4n) is 4.99. The van der Waals surface area contributed by atoms with Crippen molar-refractivity contribution in [1.82, 2.24) is 14.9 Å². The molecule has 0 radical (unpaired) electrons. The van der Waals surface area contributed by atoms with Crippen molar-refractivity contribution in [2.75, 3.05) is 13.1 Å². The van der Waals surface area contributed by atoms with Gasteiger partial charge >= 0.3 is 0 Å². The van der Waals surface area contributed by atoms with Crippen LogP contribution in [-0.2, 0) is 19.3 Å². The number of piperidine rings is 1. The van der Waals surface area contributed by atoms with Gasteiger partial charge in [0.15, 0.2) is 0 Å². The first-order chi connectivity index (χ1) is 15.2. The molecule has 3 nitrogen and oxygen atoms in total. The maximum absolute atomic E-state index is 4.89. The average Bonchev–Trinajstić information content (AvgIpc) is 2.96. The van der Waals surface area contributed by atoms with E-state index in [2.05, 4.69) is 59.8 Å². The Bertz CT molecular complexity index is 1140.